The van der Waals surface area contributed by atoms with Gasteiger partial charge >= 0.3 is 18.2 Å². The van der Waals surface area contributed by atoms with Gasteiger partial charge in [-0.15, -0.1) is 0 Å². The van der Waals surface area contributed by atoms with Crippen LogP contribution in [0.5, 0.6) is 0 Å². The number of nitrogens with zero attached hydrogens (tertiary/aromatic N) is 1. The largest absolute Gasteiger partial charge is 0.481 e. The van der Waals surface area contributed by atoms with Crippen LogP contribution >= 0.6 is 0 Å². The molecule has 1 aliphatic rings. The molecule has 1 saturated heterocycles. The van der Waals surface area contributed by atoms with E-state index in [1.165, 1.54) is 4.90 Å². The van der Waals surface area contributed by atoms with Gasteiger partial charge in [-0.1, -0.05) is 0 Å². The summed E-state index contributed by atoms with van der Waals surface area (Å²) in [6, 6.07) is 0. The van der Waals surface area contributed by atoms with Crippen molar-refractivity contribution >= 4 is 18.2 Å². The lowest BCUT2D eigenvalue weighted by Gasteiger charge is -2.37. The van der Waals surface area contributed by atoms with Gasteiger partial charge < -0.3 is 24.8 Å². The van der Waals surface area contributed by atoms with Gasteiger partial charge in [-0.05, 0) is 48.0 Å². The number of aliphatic carboxylic acids is 1. The molecule has 1 aliphatic heterocycles. The average Bonchev–Trinajstić information content (AvgIpc) is 2.40. The summed E-state index contributed by atoms with van der Waals surface area (Å²) in [6.45, 7) is 11.2. The van der Waals surface area contributed by atoms with E-state index in [1.54, 1.807) is 41.5 Å². The second-order valence-corrected chi connectivity index (χ2v) is 8.30. The van der Waals surface area contributed by atoms with Crippen molar-refractivity contribution < 1.29 is 29.0 Å². The Morgan fingerprint density at radius 1 is 1.08 bits per heavy atom. The zero-order valence-electron chi connectivity index (χ0n) is 15.9. The summed E-state index contributed by atoms with van der Waals surface area (Å²) < 4.78 is 10.5. The fourth-order valence-electron chi connectivity index (χ4n) is 2.59. The molecule has 0 bridgehead atoms. The Kier molecular flexibility index (Phi) is 6.68. The molecule has 144 valence electrons. The van der Waals surface area contributed by atoms with E-state index < -0.39 is 41.2 Å². The summed E-state index contributed by atoms with van der Waals surface area (Å²) in [5, 5.41) is 12.0. The normalized spacial score (nSPS) is 21.4. The number of carboxylic acids is 1. The summed E-state index contributed by atoms with van der Waals surface area (Å²) in [4.78, 5) is 37.0. The summed E-state index contributed by atoms with van der Waals surface area (Å²) in [5.74, 6) is -1.97. The summed E-state index contributed by atoms with van der Waals surface area (Å²) in [6.07, 6.45) is -0.764. The SMILES string of the molecule is CC(C)(C)OC(=O)NCC1CN(C(=O)OC(C)(C)C)CCC1C(=O)O. The highest BCUT2D eigenvalue weighted by atomic mass is 16.6. The number of carbonyl (C=O) groups is 3. The first kappa shape index (κ1) is 21.1. The third-order valence-corrected chi connectivity index (χ3v) is 3.61. The second-order valence-electron chi connectivity index (χ2n) is 8.30. The first-order valence-electron chi connectivity index (χ1n) is 8.46. The van der Waals surface area contributed by atoms with Crippen LogP contribution < -0.4 is 5.32 Å². The van der Waals surface area contributed by atoms with Crippen LogP contribution in [0.3, 0.4) is 0 Å². The minimum absolute atomic E-state index is 0.116. The summed E-state index contributed by atoms with van der Waals surface area (Å²) in [7, 11) is 0. The van der Waals surface area contributed by atoms with Crippen LogP contribution in [-0.4, -0.2) is 59.0 Å². The maximum absolute atomic E-state index is 12.2. The van der Waals surface area contributed by atoms with Gasteiger partial charge in [-0.25, -0.2) is 9.59 Å². The molecule has 0 radical (unpaired) electrons. The highest BCUT2D eigenvalue weighted by molar-refractivity contribution is 5.73. The Morgan fingerprint density at radius 2 is 1.64 bits per heavy atom. The number of piperidine rings is 1. The van der Waals surface area contributed by atoms with Gasteiger partial charge in [0.25, 0.3) is 0 Å². The van der Waals surface area contributed by atoms with Gasteiger partial charge in [0.1, 0.15) is 11.2 Å². The Hall–Kier alpha value is -1.99. The zero-order chi connectivity index (χ0) is 19.4. The van der Waals surface area contributed by atoms with Crippen molar-refractivity contribution in [3.05, 3.63) is 0 Å². The highest BCUT2D eigenvalue weighted by Crippen LogP contribution is 2.25. The standard InChI is InChI=1S/C17H30N2O6/c1-16(2,3)24-14(22)18-9-11-10-19(8-7-12(11)13(20)21)15(23)25-17(4,5)6/h11-12H,7-10H2,1-6H3,(H,18,22)(H,20,21). The van der Waals surface area contributed by atoms with E-state index in [4.69, 9.17) is 9.47 Å². The number of hydrogen-bond donors (Lipinski definition) is 2. The molecule has 2 N–H and O–H groups in total. The first-order valence-corrected chi connectivity index (χ1v) is 8.46. The Bertz CT molecular complexity index is 506. The van der Waals surface area contributed by atoms with Crippen LogP contribution in [0.4, 0.5) is 9.59 Å². The van der Waals surface area contributed by atoms with Gasteiger partial charge in [0.05, 0.1) is 5.92 Å². The maximum Gasteiger partial charge on any atom is 0.410 e. The van der Waals surface area contributed by atoms with Crippen LogP contribution in [0.15, 0.2) is 0 Å². The van der Waals surface area contributed by atoms with E-state index in [0.717, 1.165) is 0 Å². The minimum Gasteiger partial charge on any atom is -0.481 e. The molecule has 8 heteroatoms. The van der Waals surface area contributed by atoms with Crippen molar-refractivity contribution in [2.75, 3.05) is 19.6 Å². The molecule has 0 aromatic heterocycles. The fraction of sp³-hybridized carbons (Fsp3) is 0.824. The first-order chi connectivity index (χ1) is 11.3. The lowest BCUT2D eigenvalue weighted by Crippen LogP contribution is -2.50. The van der Waals surface area contributed by atoms with Crippen molar-refractivity contribution in [1.82, 2.24) is 10.2 Å². The molecule has 2 amide bonds. The van der Waals surface area contributed by atoms with E-state index in [9.17, 15) is 19.5 Å². The monoisotopic (exact) mass is 358 g/mol. The summed E-state index contributed by atoms with van der Waals surface area (Å²) in [5.41, 5.74) is -1.25. The van der Waals surface area contributed by atoms with Crippen molar-refractivity contribution in [2.45, 2.75) is 59.2 Å². The Morgan fingerprint density at radius 3 is 2.12 bits per heavy atom. The maximum atomic E-state index is 12.2. The van der Waals surface area contributed by atoms with Crippen LogP contribution in [0.2, 0.25) is 0 Å². The van der Waals surface area contributed by atoms with E-state index in [0.29, 0.717) is 13.0 Å². The molecule has 25 heavy (non-hydrogen) atoms. The summed E-state index contributed by atoms with van der Waals surface area (Å²) >= 11 is 0. The van der Waals surface area contributed by atoms with Crippen LogP contribution in [0, 0.1) is 11.8 Å². The zero-order valence-corrected chi connectivity index (χ0v) is 15.9. The number of rotatable bonds is 3. The van der Waals surface area contributed by atoms with E-state index in [1.807, 2.05) is 0 Å². The fourth-order valence-corrected chi connectivity index (χ4v) is 2.59. The smallest absolute Gasteiger partial charge is 0.410 e. The molecular formula is C17H30N2O6. The molecule has 1 fully saturated rings. The lowest BCUT2D eigenvalue weighted by molar-refractivity contribution is -0.145. The number of carbonyl (C=O) groups excluding carboxylic acids is 2. The molecule has 1 rings (SSSR count). The third kappa shape index (κ3) is 7.62. The van der Waals surface area contributed by atoms with Crippen molar-refractivity contribution in [3.8, 4) is 0 Å². The molecule has 0 aromatic rings. The van der Waals surface area contributed by atoms with Crippen LogP contribution in [-0.2, 0) is 14.3 Å². The number of nitrogens with one attached hydrogen (secondary N) is 1. The number of carboxylic acid groups (broad SMARTS) is 1. The molecular weight excluding hydrogens is 328 g/mol. The van der Waals surface area contributed by atoms with Gasteiger partial charge in [0.2, 0.25) is 0 Å². The average molecular weight is 358 g/mol. The number of hydrogen-bond acceptors (Lipinski definition) is 5. The predicted octanol–water partition coefficient (Wildman–Crippen LogP) is 2.47. The molecule has 8 nitrogen and oxygen atoms in total. The molecule has 0 spiro atoms. The minimum atomic E-state index is -0.931. The third-order valence-electron chi connectivity index (χ3n) is 3.61. The molecule has 0 saturated carbocycles. The van der Waals surface area contributed by atoms with Crippen molar-refractivity contribution in [2.24, 2.45) is 11.8 Å². The van der Waals surface area contributed by atoms with Crippen LogP contribution in [0.25, 0.3) is 0 Å². The molecule has 1 heterocycles. The number of ether oxygens (including phenoxy) is 2. The quantitative estimate of drug-likeness (QED) is 0.803. The van der Waals surface area contributed by atoms with E-state index >= 15 is 0 Å². The van der Waals surface area contributed by atoms with E-state index in [-0.39, 0.29) is 13.1 Å². The molecule has 2 atom stereocenters. The topological polar surface area (TPSA) is 105 Å². The number of amides is 2. The predicted molar refractivity (Wildman–Crippen MR) is 91.3 cm³/mol. The highest BCUT2D eigenvalue weighted by Gasteiger charge is 2.37. The van der Waals surface area contributed by atoms with Gasteiger partial charge in [0.15, 0.2) is 0 Å². The number of likely N-dealkylation sites (tertiary alicyclic amines) is 1. The molecule has 0 aliphatic carbocycles. The van der Waals surface area contributed by atoms with E-state index in [2.05, 4.69) is 5.32 Å². The second kappa shape index (κ2) is 7.93. The molecule has 2 unspecified atom stereocenters. The number of alkyl carbamates (subject to hydrolysis) is 1. The van der Waals surface area contributed by atoms with Gasteiger partial charge in [-0.2, -0.15) is 0 Å². The lowest BCUT2D eigenvalue weighted by atomic mass is 9.85. The van der Waals surface area contributed by atoms with Gasteiger partial charge in [0, 0.05) is 25.6 Å². The van der Waals surface area contributed by atoms with Crippen molar-refractivity contribution in [3.63, 3.8) is 0 Å². The van der Waals surface area contributed by atoms with Crippen molar-refractivity contribution in [1.29, 1.82) is 0 Å². The Labute approximate surface area is 148 Å². The molecule has 0 aromatic carbocycles. The Balaban J connectivity index is 2.69. The van der Waals surface area contributed by atoms with Crippen LogP contribution in [0.1, 0.15) is 48.0 Å². The van der Waals surface area contributed by atoms with Gasteiger partial charge in [-0.3, -0.25) is 4.79 Å².